The maximum atomic E-state index is 12.2. The highest BCUT2D eigenvalue weighted by Gasteiger charge is 2.23. The van der Waals surface area contributed by atoms with E-state index in [0.29, 0.717) is 22.5 Å². The monoisotopic (exact) mass is 292 g/mol. The van der Waals surface area contributed by atoms with Crippen LogP contribution >= 0.6 is 0 Å². The summed E-state index contributed by atoms with van der Waals surface area (Å²) in [6, 6.07) is 6.44. The fraction of sp³-hybridized carbons (Fsp3) is 0.167. The zero-order valence-electron chi connectivity index (χ0n) is 10.6. The Morgan fingerprint density at radius 1 is 1.35 bits per heavy atom. The smallest absolute Gasteiger partial charge is 0.316 e. The first kappa shape index (κ1) is 12.7. The van der Waals surface area contributed by atoms with Crippen LogP contribution in [0.3, 0.4) is 0 Å². The average molecular weight is 292 g/mol. The summed E-state index contributed by atoms with van der Waals surface area (Å²) < 4.78 is 31.3. The number of benzene rings is 1. The largest absolute Gasteiger partial charge is 0.428 e. The third-order valence-electron chi connectivity index (χ3n) is 2.77. The second-order valence-corrected chi connectivity index (χ2v) is 6.31. The van der Waals surface area contributed by atoms with Crippen molar-refractivity contribution in [3.63, 3.8) is 0 Å². The lowest BCUT2D eigenvalue weighted by Gasteiger charge is -1.96. The molecule has 20 heavy (non-hydrogen) atoms. The van der Waals surface area contributed by atoms with E-state index in [9.17, 15) is 8.42 Å². The molecule has 0 fully saturated rings. The standard InChI is InChI=1S/C12H12N4O3S/c1-16-5-4-9(15-16)7-20(17,18)12-14-10-3-2-8(13)6-11(10)19-12/h2-6H,7,13H2,1H3. The molecule has 2 heterocycles. The SMILES string of the molecule is Cn1ccc(CS(=O)(=O)c2nc3ccc(N)cc3o2)n1. The number of nitrogen functional groups attached to an aromatic ring is 1. The summed E-state index contributed by atoms with van der Waals surface area (Å²) in [5.41, 5.74) is 7.35. The molecule has 0 spiro atoms. The summed E-state index contributed by atoms with van der Waals surface area (Å²) >= 11 is 0. The van der Waals surface area contributed by atoms with Gasteiger partial charge in [-0.1, -0.05) is 0 Å². The highest BCUT2D eigenvalue weighted by Crippen LogP contribution is 2.23. The molecule has 0 aliphatic heterocycles. The van der Waals surface area contributed by atoms with Crippen molar-refractivity contribution in [3.8, 4) is 0 Å². The van der Waals surface area contributed by atoms with E-state index in [1.165, 1.54) is 4.68 Å². The van der Waals surface area contributed by atoms with E-state index in [4.69, 9.17) is 10.2 Å². The molecule has 0 saturated carbocycles. The fourth-order valence-corrected chi connectivity index (χ4v) is 2.97. The number of sulfone groups is 1. The van der Waals surface area contributed by atoms with Crippen LogP contribution in [-0.4, -0.2) is 23.2 Å². The number of nitrogens with zero attached hydrogens (tertiary/aromatic N) is 3. The summed E-state index contributed by atoms with van der Waals surface area (Å²) in [5, 5.41) is 3.72. The van der Waals surface area contributed by atoms with Crippen LogP contribution in [0.15, 0.2) is 40.1 Å². The van der Waals surface area contributed by atoms with Gasteiger partial charge in [0, 0.05) is 25.0 Å². The quantitative estimate of drug-likeness (QED) is 0.725. The molecule has 0 atom stereocenters. The predicted octanol–water partition coefficient (Wildman–Crippen LogP) is 1.12. The molecule has 2 aromatic heterocycles. The second-order valence-electron chi connectivity index (χ2n) is 4.45. The molecule has 7 nitrogen and oxygen atoms in total. The Morgan fingerprint density at radius 3 is 2.85 bits per heavy atom. The Hall–Kier alpha value is -2.35. The molecular formula is C12H12N4O3S. The molecule has 1 aromatic carbocycles. The van der Waals surface area contributed by atoms with Gasteiger partial charge in [-0.25, -0.2) is 8.42 Å². The lowest BCUT2D eigenvalue weighted by Crippen LogP contribution is -2.06. The Labute approximate surface area is 114 Å². The highest BCUT2D eigenvalue weighted by atomic mass is 32.2. The van der Waals surface area contributed by atoms with Crippen LogP contribution in [0.2, 0.25) is 0 Å². The second kappa shape index (κ2) is 4.34. The van der Waals surface area contributed by atoms with Gasteiger partial charge in [0.1, 0.15) is 11.3 Å². The third kappa shape index (κ3) is 2.25. The molecular weight excluding hydrogens is 280 g/mol. The van der Waals surface area contributed by atoms with E-state index in [-0.39, 0.29) is 11.0 Å². The van der Waals surface area contributed by atoms with Crippen molar-refractivity contribution in [2.45, 2.75) is 11.0 Å². The lowest BCUT2D eigenvalue weighted by atomic mass is 10.3. The van der Waals surface area contributed by atoms with E-state index in [2.05, 4.69) is 10.1 Å². The number of hydrogen-bond donors (Lipinski definition) is 1. The van der Waals surface area contributed by atoms with Gasteiger partial charge >= 0.3 is 5.22 Å². The molecule has 0 radical (unpaired) electrons. The van der Waals surface area contributed by atoms with Crippen molar-refractivity contribution in [2.75, 3.05) is 5.73 Å². The minimum absolute atomic E-state index is 0.254. The van der Waals surface area contributed by atoms with Gasteiger partial charge in [-0.05, 0) is 18.2 Å². The van der Waals surface area contributed by atoms with Gasteiger partial charge in [-0.3, -0.25) is 4.68 Å². The van der Waals surface area contributed by atoms with Crippen molar-refractivity contribution in [3.05, 3.63) is 36.2 Å². The molecule has 0 bridgehead atoms. The van der Waals surface area contributed by atoms with Crippen LogP contribution in [0.5, 0.6) is 0 Å². The van der Waals surface area contributed by atoms with E-state index in [1.807, 2.05) is 0 Å². The van der Waals surface area contributed by atoms with Crippen LogP contribution in [0, 0.1) is 0 Å². The van der Waals surface area contributed by atoms with E-state index >= 15 is 0 Å². The topological polar surface area (TPSA) is 104 Å². The highest BCUT2D eigenvalue weighted by molar-refractivity contribution is 7.90. The Balaban J connectivity index is 2.00. The third-order valence-corrected chi connectivity index (χ3v) is 4.15. The minimum atomic E-state index is -3.67. The Kier molecular flexibility index (Phi) is 2.75. The molecule has 8 heteroatoms. The number of fused-ring (bicyclic) bond motifs is 1. The first-order valence-electron chi connectivity index (χ1n) is 5.81. The van der Waals surface area contributed by atoms with Crippen molar-refractivity contribution >= 4 is 26.6 Å². The summed E-state index contributed by atoms with van der Waals surface area (Å²) in [4.78, 5) is 3.98. The zero-order chi connectivity index (χ0) is 14.3. The predicted molar refractivity (Wildman–Crippen MR) is 72.5 cm³/mol. The molecule has 104 valence electrons. The number of nitrogens with two attached hydrogens (primary N) is 1. The maximum Gasteiger partial charge on any atom is 0.316 e. The average Bonchev–Trinajstić information content (AvgIpc) is 2.95. The minimum Gasteiger partial charge on any atom is -0.428 e. The van der Waals surface area contributed by atoms with Gasteiger partial charge in [0.05, 0.1) is 5.69 Å². The Morgan fingerprint density at radius 2 is 2.15 bits per heavy atom. The van der Waals surface area contributed by atoms with Gasteiger partial charge in [-0.2, -0.15) is 10.1 Å². The number of hydrogen-bond acceptors (Lipinski definition) is 6. The van der Waals surface area contributed by atoms with Crippen LogP contribution in [0.4, 0.5) is 5.69 Å². The molecule has 0 unspecified atom stereocenters. The first-order chi connectivity index (χ1) is 9.44. The number of aromatic nitrogens is 3. The van der Waals surface area contributed by atoms with Crippen LogP contribution in [0.25, 0.3) is 11.1 Å². The van der Waals surface area contributed by atoms with E-state index in [1.54, 1.807) is 37.5 Å². The van der Waals surface area contributed by atoms with E-state index in [0.717, 1.165) is 0 Å². The molecule has 0 amide bonds. The molecule has 0 aliphatic carbocycles. The first-order valence-corrected chi connectivity index (χ1v) is 7.47. The van der Waals surface area contributed by atoms with Gasteiger partial charge in [0.15, 0.2) is 5.58 Å². The summed E-state index contributed by atoms with van der Waals surface area (Å²) in [6.07, 6.45) is 1.68. The van der Waals surface area contributed by atoms with Crippen molar-refractivity contribution in [2.24, 2.45) is 7.05 Å². The lowest BCUT2D eigenvalue weighted by molar-refractivity contribution is 0.457. The fourth-order valence-electron chi connectivity index (χ4n) is 1.85. The van der Waals surface area contributed by atoms with Crippen molar-refractivity contribution in [1.29, 1.82) is 0 Å². The maximum absolute atomic E-state index is 12.2. The summed E-state index contributed by atoms with van der Waals surface area (Å²) in [5.74, 6) is -0.254. The van der Waals surface area contributed by atoms with Crippen LogP contribution < -0.4 is 5.73 Å². The molecule has 0 saturated heterocycles. The molecule has 2 N–H and O–H groups in total. The van der Waals surface area contributed by atoms with Crippen LogP contribution in [0.1, 0.15) is 5.69 Å². The van der Waals surface area contributed by atoms with Gasteiger partial charge in [-0.15, -0.1) is 0 Å². The number of aryl methyl sites for hydroxylation is 1. The number of anilines is 1. The zero-order valence-corrected chi connectivity index (χ0v) is 11.5. The van der Waals surface area contributed by atoms with Gasteiger partial charge in [0.25, 0.3) is 0 Å². The normalized spacial score (nSPS) is 12.1. The van der Waals surface area contributed by atoms with Crippen molar-refractivity contribution < 1.29 is 12.8 Å². The Bertz CT molecular complexity index is 879. The molecule has 3 aromatic rings. The van der Waals surface area contributed by atoms with Crippen molar-refractivity contribution in [1.82, 2.24) is 14.8 Å². The van der Waals surface area contributed by atoms with Crippen LogP contribution in [-0.2, 0) is 22.6 Å². The number of rotatable bonds is 3. The number of oxazole rings is 1. The van der Waals surface area contributed by atoms with Gasteiger partial charge in [0.2, 0.25) is 9.84 Å². The van der Waals surface area contributed by atoms with E-state index < -0.39 is 9.84 Å². The van der Waals surface area contributed by atoms with Gasteiger partial charge < -0.3 is 10.2 Å². The molecule has 3 rings (SSSR count). The molecule has 0 aliphatic rings. The summed E-state index contributed by atoms with van der Waals surface area (Å²) in [6.45, 7) is 0. The summed E-state index contributed by atoms with van der Waals surface area (Å²) in [7, 11) is -1.95.